The number of aliphatic carboxylic acids is 1. The number of hydrazone groups is 1. The number of nitrogens with zero attached hydrogens (tertiary/aromatic N) is 2. The average molecular weight is 277 g/mol. The second kappa shape index (κ2) is 6.78. The van der Waals surface area contributed by atoms with Crippen molar-refractivity contribution in [2.75, 3.05) is 0 Å². The van der Waals surface area contributed by atoms with Crippen LogP contribution in [0, 0.1) is 10.1 Å². The van der Waals surface area contributed by atoms with Gasteiger partial charge in [0.05, 0.1) is 10.6 Å². The number of rotatable bonds is 5. The van der Waals surface area contributed by atoms with Crippen molar-refractivity contribution in [1.82, 2.24) is 5.43 Å². The van der Waals surface area contributed by atoms with Gasteiger partial charge in [0.2, 0.25) is 0 Å². The minimum atomic E-state index is -1.24. The van der Waals surface area contributed by atoms with Crippen LogP contribution in [0.5, 0.6) is 0 Å². The van der Waals surface area contributed by atoms with Gasteiger partial charge in [-0.1, -0.05) is 0 Å². The number of carbonyl (C=O) groups excluding carboxylic acids is 1. The fourth-order valence-corrected chi connectivity index (χ4v) is 1.21. The van der Waals surface area contributed by atoms with Gasteiger partial charge >= 0.3 is 5.97 Å². The summed E-state index contributed by atoms with van der Waals surface area (Å²) in [4.78, 5) is 31.3. The van der Waals surface area contributed by atoms with Crippen LogP contribution in [0.1, 0.15) is 12.5 Å². The van der Waals surface area contributed by atoms with E-state index in [1.165, 1.54) is 24.3 Å². The van der Waals surface area contributed by atoms with Crippen LogP contribution in [0.3, 0.4) is 0 Å². The molecule has 2 N–H and O–H groups in total. The topological polar surface area (TPSA) is 122 Å². The SMILES string of the molecule is CC(=NNC(=O)/C=C/C(=O)O)c1ccc([N+](=O)[O-])cc1. The van der Waals surface area contributed by atoms with E-state index in [2.05, 4.69) is 10.5 Å². The molecule has 0 atom stereocenters. The summed E-state index contributed by atoms with van der Waals surface area (Å²) in [7, 11) is 0. The Morgan fingerprint density at radius 2 is 1.90 bits per heavy atom. The van der Waals surface area contributed by atoms with Crippen LogP contribution < -0.4 is 5.43 Å². The van der Waals surface area contributed by atoms with E-state index in [0.717, 1.165) is 6.08 Å². The summed E-state index contributed by atoms with van der Waals surface area (Å²) >= 11 is 0. The van der Waals surface area contributed by atoms with Gasteiger partial charge in [-0.2, -0.15) is 5.10 Å². The Kier molecular flexibility index (Phi) is 5.10. The van der Waals surface area contributed by atoms with E-state index >= 15 is 0 Å². The van der Waals surface area contributed by atoms with Crippen LogP contribution in [0.4, 0.5) is 5.69 Å². The molecule has 0 radical (unpaired) electrons. The van der Waals surface area contributed by atoms with Gasteiger partial charge in [-0.05, 0) is 24.6 Å². The van der Waals surface area contributed by atoms with Gasteiger partial charge in [-0.25, -0.2) is 10.2 Å². The number of non-ortho nitro benzene ring substituents is 1. The lowest BCUT2D eigenvalue weighted by Crippen LogP contribution is -2.16. The lowest BCUT2D eigenvalue weighted by molar-refractivity contribution is -0.384. The third kappa shape index (κ3) is 4.69. The predicted molar refractivity (Wildman–Crippen MR) is 70.2 cm³/mol. The predicted octanol–water partition coefficient (Wildman–Crippen LogP) is 1.08. The zero-order valence-electron chi connectivity index (χ0n) is 10.4. The smallest absolute Gasteiger partial charge is 0.328 e. The normalized spacial score (nSPS) is 11.3. The van der Waals surface area contributed by atoms with Crippen LogP contribution in [0.2, 0.25) is 0 Å². The Morgan fingerprint density at radius 3 is 2.40 bits per heavy atom. The molecule has 0 aliphatic rings. The molecule has 0 aliphatic carbocycles. The van der Waals surface area contributed by atoms with Crippen molar-refractivity contribution in [1.29, 1.82) is 0 Å². The summed E-state index contributed by atoms with van der Waals surface area (Å²) in [5, 5.41) is 22.6. The van der Waals surface area contributed by atoms with Crippen LogP contribution >= 0.6 is 0 Å². The summed E-state index contributed by atoms with van der Waals surface area (Å²) in [6.45, 7) is 1.60. The third-order valence-corrected chi connectivity index (χ3v) is 2.21. The lowest BCUT2D eigenvalue weighted by Gasteiger charge is -2.00. The molecule has 8 nitrogen and oxygen atoms in total. The Bertz CT molecular complexity index is 590. The van der Waals surface area contributed by atoms with Crippen LogP contribution in [0.15, 0.2) is 41.5 Å². The highest BCUT2D eigenvalue weighted by Gasteiger charge is 2.05. The Labute approximate surface area is 113 Å². The van der Waals surface area contributed by atoms with Crippen molar-refractivity contribution < 1.29 is 19.6 Å². The first kappa shape index (κ1) is 15.0. The first-order valence-corrected chi connectivity index (χ1v) is 5.40. The number of hydrogen-bond acceptors (Lipinski definition) is 5. The molecule has 20 heavy (non-hydrogen) atoms. The third-order valence-electron chi connectivity index (χ3n) is 2.21. The molecule has 8 heteroatoms. The molecule has 1 aromatic carbocycles. The molecule has 0 fully saturated rings. The summed E-state index contributed by atoms with van der Waals surface area (Å²) in [5.41, 5.74) is 3.12. The molecule has 0 spiro atoms. The van der Waals surface area contributed by atoms with E-state index in [-0.39, 0.29) is 5.69 Å². The van der Waals surface area contributed by atoms with Crippen molar-refractivity contribution in [2.24, 2.45) is 5.10 Å². The van der Waals surface area contributed by atoms with Crippen LogP contribution in [-0.4, -0.2) is 27.6 Å². The number of hydrogen-bond donors (Lipinski definition) is 2. The maximum absolute atomic E-state index is 11.2. The largest absolute Gasteiger partial charge is 0.478 e. The monoisotopic (exact) mass is 277 g/mol. The molecule has 0 saturated heterocycles. The second-order valence-corrected chi connectivity index (χ2v) is 3.65. The zero-order chi connectivity index (χ0) is 15.1. The maximum atomic E-state index is 11.2. The highest BCUT2D eigenvalue weighted by Crippen LogP contribution is 2.12. The Hall–Kier alpha value is -3.03. The molecule has 0 saturated carbocycles. The minimum absolute atomic E-state index is 0.0463. The van der Waals surface area contributed by atoms with Crippen molar-refractivity contribution in [3.63, 3.8) is 0 Å². The van der Waals surface area contributed by atoms with Gasteiger partial charge in [0, 0.05) is 24.3 Å². The van der Waals surface area contributed by atoms with Crippen LogP contribution in [-0.2, 0) is 9.59 Å². The molecule has 0 bridgehead atoms. The van der Waals surface area contributed by atoms with Gasteiger partial charge in [-0.15, -0.1) is 0 Å². The highest BCUT2D eigenvalue weighted by atomic mass is 16.6. The molecule has 1 amide bonds. The lowest BCUT2D eigenvalue weighted by atomic mass is 10.1. The van der Waals surface area contributed by atoms with Crippen molar-refractivity contribution in [3.8, 4) is 0 Å². The Balaban J connectivity index is 2.71. The number of nitrogens with one attached hydrogen (secondary N) is 1. The van der Waals surface area contributed by atoms with Gasteiger partial charge in [0.25, 0.3) is 11.6 Å². The van der Waals surface area contributed by atoms with Gasteiger partial charge in [0.15, 0.2) is 0 Å². The summed E-state index contributed by atoms with van der Waals surface area (Å²) in [6, 6.07) is 5.63. The zero-order valence-corrected chi connectivity index (χ0v) is 10.4. The average Bonchev–Trinajstić information content (AvgIpc) is 2.42. The molecule has 1 aromatic rings. The van der Waals surface area contributed by atoms with Crippen molar-refractivity contribution in [3.05, 3.63) is 52.1 Å². The molecule has 0 unspecified atom stereocenters. The van der Waals surface area contributed by atoms with E-state index in [0.29, 0.717) is 17.4 Å². The number of nitro groups is 1. The number of benzene rings is 1. The fourth-order valence-electron chi connectivity index (χ4n) is 1.21. The van der Waals surface area contributed by atoms with Crippen molar-refractivity contribution in [2.45, 2.75) is 6.92 Å². The fraction of sp³-hybridized carbons (Fsp3) is 0.0833. The summed E-state index contributed by atoms with van der Waals surface area (Å²) < 4.78 is 0. The second-order valence-electron chi connectivity index (χ2n) is 3.65. The summed E-state index contributed by atoms with van der Waals surface area (Å²) in [5.74, 6) is -1.93. The molecule has 0 aliphatic heterocycles. The molecular weight excluding hydrogens is 266 g/mol. The molecular formula is C12H11N3O5. The number of carboxylic acids is 1. The van der Waals surface area contributed by atoms with E-state index < -0.39 is 16.8 Å². The minimum Gasteiger partial charge on any atom is -0.478 e. The van der Waals surface area contributed by atoms with Crippen molar-refractivity contribution >= 4 is 23.3 Å². The van der Waals surface area contributed by atoms with Gasteiger partial charge in [0.1, 0.15) is 0 Å². The number of carbonyl (C=O) groups is 2. The van der Waals surface area contributed by atoms with Gasteiger partial charge < -0.3 is 5.11 Å². The first-order chi connectivity index (χ1) is 9.40. The van der Waals surface area contributed by atoms with E-state index in [1.807, 2.05) is 0 Å². The number of nitro benzene ring substituents is 1. The molecule has 1 rings (SSSR count). The number of amides is 1. The number of carboxylic acid groups (broad SMARTS) is 1. The molecule has 0 aromatic heterocycles. The highest BCUT2D eigenvalue weighted by molar-refractivity contribution is 6.00. The Morgan fingerprint density at radius 1 is 1.30 bits per heavy atom. The summed E-state index contributed by atoms with van der Waals surface area (Å²) in [6.07, 6.45) is 1.51. The van der Waals surface area contributed by atoms with Gasteiger partial charge in [-0.3, -0.25) is 14.9 Å². The van der Waals surface area contributed by atoms with Crippen LogP contribution in [0.25, 0.3) is 0 Å². The maximum Gasteiger partial charge on any atom is 0.328 e. The van der Waals surface area contributed by atoms with E-state index in [1.54, 1.807) is 6.92 Å². The molecule has 104 valence electrons. The first-order valence-electron chi connectivity index (χ1n) is 5.40. The quantitative estimate of drug-likeness (QED) is 0.361. The van der Waals surface area contributed by atoms with E-state index in [4.69, 9.17) is 5.11 Å². The molecule has 0 heterocycles. The standard InChI is InChI=1S/C12H11N3O5/c1-8(13-14-11(16)6-7-12(17)18)9-2-4-10(5-3-9)15(19)20/h2-7H,1H3,(H,14,16)(H,17,18)/b7-6+,13-8?. The van der Waals surface area contributed by atoms with E-state index in [9.17, 15) is 19.7 Å².